The lowest BCUT2D eigenvalue weighted by atomic mass is 9.73. The number of esters is 1. The number of hydrogen-bond acceptors (Lipinski definition) is 3. The van der Waals surface area contributed by atoms with Crippen molar-refractivity contribution < 1.29 is 14.3 Å². The molecule has 2 bridgehead atoms. The number of cyclic esters (lactones) is 1. The lowest BCUT2D eigenvalue weighted by Crippen LogP contribution is -2.32. The summed E-state index contributed by atoms with van der Waals surface area (Å²) in [5, 5.41) is 0. The summed E-state index contributed by atoms with van der Waals surface area (Å²) in [4.78, 5) is 13.0. The average Bonchev–Trinajstić information content (AvgIpc) is 3.31. The Balaban J connectivity index is 1.63. The van der Waals surface area contributed by atoms with E-state index in [4.69, 9.17) is 9.47 Å². The van der Waals surface area contributed by atoms with Crippen LogP contribution in [-0.2, 0) is 9.53 Å². The number of benzene rings is 2. The molecule has 3 nitrogen and oxygen atoms in total. The lowest BCUT2D eigenvalue weighted by molar-refractivity contribution is -0.141. The van der Waals surface area contributed by atoms with Gasteiger partial charge in [0.1, 0.15) is 11.5 Å². The fourth-order valence-corrected chi connectivity index (χ4v) is 4.79. The van der Waals surface area contributed by atoms with Crippen molar-refractivity contribution in [3.8, 4) is 5.75 Å². The quantitative estimate of drug-likeness (QED) is 0.604. The van der Waals surface area contributed by atoms with E-state index >= 15 is 0 Å². The van der Waals surface area contributed by atoms with Gasteiger partial charge in [-0.3, -0.25) is 4.79 Å². The molecule has 1 saturated carbocycles. The second-order valence-corrected chi connectivity index (χ2v) is 7.24. The Bertz CT molecular complexity index is 908. The Morgan fingerprint density at radius 1 is 1.00 bits per heavy atom. The minimum Gasteiger partial charge on any atom is -0.497 e. The van der Waals surface area contributed by atoms with E-state index in [1.165, 1.54) is 5.57 Å². The Morgan fingerprint density at radius 3 is 2.50 bits per heavy atom. The number of allylic oxidation sites excluding steroid dienone is 3. The highest BCUT2D eigenvalue weighted by atomic mass is 16.5. The van der Waals surface area contributed by atoms with Crippen LogP contribution < -0.4 is 4.74 Å². The smallest absolute Gasteiger partial charge is 0.319 e. The summed E-state index contributed by atoms with van der Waals surface area (Å²) in [5.41, 5.74) is 3.30. The molecule has 0 spiro atoms. The molecule has 2 aromatic carbocycles. The molecule has 5 rings (SSSR count). The molecule has 26 heavy (non-hydrogen) atoms. The van der Waals surface area contributed by atoms with Crippen molar-refractivity contribution in [3.63, 3.8) is 0 Å². The van der Waals surface area contributed by atoms with Gasteiger partial charge in [0.05, 0.1) is 13.0 Å². The molecule has 0 saturated heterocycles. The minimum absolute atomic E-state index is 0.149. The van der Waals surface area contributed by atoms with E-state index in [1.807, 2.05) is 54.6 Å². The van der Waals surface area contributed by atoms with E-state index in [-0.39, 0.29) is 17.8 Å². The number of fused-ring (bicyclic) bond motifs is 5. The van der Waals surface area contributed by atoms with Gasteiger partial charge in [-0.25, -0.2) is 0 Å². The fraction of sp³-hybridized carbons (Fsp3) is 0.261. The largest absolute Gasteiger partial charge is 0.497 e. The number of rotatable bonds is 3. The van der Waals surface area contributed by atoms with Crippen LogP contribution in [0, 0.1) is 17.8 Å². The zero-order valence-corrected chi connectivity index (χ0v) is 14.6. The van der Waals surface area contributed by atoms with Crippen LogP contribution >= 0.6 is 0 Å². The lowest BCUT2D eigenvalue weighted by Gasteiger charge is -2.35. The fourth-order valence-electron chi connectivity index (χ4n) is 4.79. The predicted octanol–water partition coefficient (Wildman–Crippen LogP) is 4.57. The summed E-state index contributed by atoms with van der Waals surface area (Å²) in [6, 6.07) is 17.8. The van der Waals surface area contributed by atoms with Crippen LogP contribution in [0.25, 0.3) is 5.76 Å². The molecule has 0 radical (unpaired) electrons. The van der Waals surface area contributed by atoms with E-state index in [9.17, 15) is 4.79 Å². The molecule has 2 aliphatic carbocycles. The van der Waals surface area contributed by atoms with Gasteiger partial charge in [-0.05, 0) is 35.6 Å². The van der Waals surface area contributed by atoms with Crippen molar-refractivity contribution in [1.82, 2.24) is 0 Å². The molecule has 0 unspecified atom stereocenters. The molecule has 3 heteroatoms. The van der Waals surface area contributed by atoms with Gasteiger partial charge in [0.25, 0.3) is 0 Å². The zero-order valence-electron chi connectivity index (χ0n) is 14.6. The molecule has 1 fully saturated rings. The number of ether oxygens (including phenoxy) is 2. The maximum atomic E-state index is 13.0. The highest BCUT2D eigenvalue weighted by molar-refractivity contribution is 5.89. The topological polar surface area (TPSA) is 35.5 Å². The van der Waals surface area contributed by atoms with Gasteiger partial charge in [0.2, 0.25) is 0 Å². The van der Waals surface area contributed by atoms with Crippen LogP contribution in [0.15, 0.2) is 72.3 Å². The van der Waals surface area contributed by atoms with Crippen molar-refractivity contribution >= 4 is 11.7 Å². The van der Waals surface area contributed by atoms with Gasteiger partial charge >= 0.3 is 5.97 Å². The number of hydrogen-bond donors (Lipinski definition) is 0. The molecule has 4 atom stereocenters. The van der Waals surface area contributed by atoms with Crippen molar-refractivity contribution in [1.29, 1.82) is 0 Å². The summed E-state index contributed by atoms with van der Waals surface area (Å²) < 4.78 is 11.2. The third kappa shape index (κ3) is 2.23. The van der Waals surface area contributed by atoms with Gasteiger partial charge in [-0.1, -0.05) is 54.6 Å². The van der Waals surface area contributed by atoms with E-state index < -0.39 is 0 Å². The molecule has 130 valence electrons. The first-order valence-corrected chi connectivity index (χ1v) is 9.09. The second-order valence-electron chi connectivity index (χ2n) is 7.24. The molecule has 1 aliphatic heterocycles. The predicted molar refractivity (Wildman–Crippen MR) is 99.4 cm³/mol. The molecule has 0 aromatic heterocycles. The zero-order chi connectivity index (χ0) is 17.7. The van der Waals surface area contributed by atoms with Crippen molar-refractivity contribution in [2.75, 3.05) is 7.11 Å². The number of carbonyl (C=O) groups excluding carboxylic acids is 1. The van der Waals surface area contributed by atoms with Crippen LogP contribution in [-0.4, -0.2) is 13.1 Å². The summed E-state index contributed by atoms with van der Waals surface area (Å²) >= 11 is 0. The maximum Gasteiger partial charge on any atom is 0.319 e. The van der Waals surface area contributed by atoms with Crippen LogP contribution in [0.5, 0.6) is 5.75 Å². The number of carbonyl (C=O) groups is 1. The second kappa shape index (κ2) is 5.87. The maximum absolute atomic E-state index is 13.0. The summed E-state index contributed by atoms with van der Waals surface area (Å²) in [5.74, 6) is 2.17. The van der Waals surface area contributed by atoms with Gasteiger partial charge in [-0.15, -0.1) is 0 Å². The van der Waals surface area contributed by atoms with Gasteiger partial charge in [0.15, 0.2) is 0 Å². The van der Waals surface area contributed by atoms with Crippen molar-refractivity contribution in [2.24, 2.45) is 17.8 Å². The molecule has 2 aromatic rings. The molecule has 0 N–H and O–H groups in total. The molecule has 3 aliphatic rings. The average molecular weight is 344 g/mol. The van der Waals surface area contributed by atoms with Crippen molar-refractivity contribution in [3.05, 3.63) is 83.4 Å². The van der Waals surface area contributed by atoms with Gasteiger partial charge in [-0.2, -0.15) is 0 Å². The van der Waals surface area contributed by atoms with Crippen LogP contribution in [0.3, 0.4) is 0 Å². The molecular formula is C23H20O3. The summed E-state index contributed by atoms with van der Waals surface area (Å²) in [6.45, 7) is 0. The Kier molecular flexibility index (Phi) is 3.49. The summed E-state index contributed by atoms with van der Waals surface area (Å²) in [6.07, 6.45) is 5.65. The third-order valence-electron chi connectivity index (χ3n) is 5.93. The minimum atomic E-state index is -0.247. The number of methoxy groups -OCH3 is 1. The molecule has 0 amide bonds. The first-order valence-electron chi connectivity index (χ1n) is 9.09. The summed E-state index contributed by atoms with van der Waals surface area (Å²) in [7, 11) is 1.65. The first-order chi connectivity index (χ1) is 12.8. The highest BCUT2D eigenvalue weighted by Gasteiger charge is 2.52. The van der Waals surface area contributed by atoms with E-state index in [0.29, 0.717) is 11.8 Å². The van der Waals surface area contributed by atoms with E-state index in [2.05, 4.69) is 12.2 Å². The van der Waals surface area contributed by atoms with Crippen LogP contribution in [0.2, 0.25) is 0 Å². The highest BCUT2D eigenvalue weighted by Crippen LogP contribution is 2.58. The van der Waals surface area contributed by atoms with Crippen LogP contribution in [0.1, 0.15) is 23.5 Å². The van der Waals surface area contributed by atoms with E-state index in [1.54, 1.807) is 7.11 Å². The van der Waals surface area contributed by atoms with Gasteiger partial charge < -0.3 is 9.47 Å². The molecule has 1 heterocycles. The molecular weight excluding hydrogens is 324 g/mol. The normalized spacial score (nSPS) is 28.9. The van der Waals surface area contributed by atoms with Crippen LogP contribution in [0.4, 0.5) is 0 Å². The monoisotopic (exact) mass is 344 g/mol. The van der Waals surface area contributed by atoms with Crippen molar-refractivity contribution in [2.45, 2.75) is 12.3 Å². The SMILES string of the molecule is COc1ccc([C@H]2C(=O)OC(c3ccccc3)=C3[C@H]2[C@H]2C=C[C@@H]3C2)cc1. The Labute approximate surface area is 152 Å². The van der Waals surface area contributed by atoms with Gasteiger partial charge in [0, 0.05) is 17.4 Å². The first kappa shape index (κ1) is 15.4. The third-order valence-corrected chi connectivity index (χ3v) is 5.93. The Morgan fingerprint density at radius 2 is 1.77 bits per heavy atom. The Hall–Kier alpha value is -2.81. The van der Waals surface area contributed by atoms with E-state index in [0.717, 1.165) is 29.1 Å². The standard InChI is InChI=1S/C23H20O3/c1-25-18-11-9-14(10-12-18)21-19-16-7-8-17(13-16)20(19)22(26-23(21)24)15-5-3-2-4-6-15/h2-12,16-17,19,21H,13H2,1H3/t16-,17+,19+,21+/m0/s1.